The van der Waals surface area contributed by atoms with Gasteiger partial charge in [0.1, 0.15) is 5.75 Å². The number of hydrogen-bond donors (Lipinski definition) is 2. The maximum atomic E-state index is 12.1. The SMILES string of the molecule is CC(C)OCCN(C)C(=O)c1cc(O)ccc1N. The number of phenols is 1. The highest BCUT2D eigenvalue weighted by atomic mass is 16.5. The third kappa shape index (κ3) is 3.92. The van der Waals surface area contributed by atoms with Crippen LogP contribution in [0, 0.1) is 0 Å². The van der Waals surface area contributed by atoms with Gasteiger partial charge in [-0.3, -0.25) is 4.79 Å². The zero-order valence-corrected chi connectivity index (χ0v) is 11.0. The summed E-state index contributed by atoms with van der Waals surface area (Å²) in [6, 6.07) is 4.34. The number of likely N-dealkylation sites (N-methyl/N-ethyl adjacent to an activating group) is 1. The summed E-state index contributed by atoms with van der Waals surface area (Å²) >= 11 is 0. The number of ether oxygens (including phenoxy) is 1. The van der Waals surface area contributed by atoms with Gasteiger partial charge in [-0.15, -0.1) is 0 Å². The van der Waals surface area contributed by atoms with E-state index in [9.17, 15) is 9.90 Å². The van der Waals surface area contributed by atoms with Gasteiger partial charge in [0.2, 0.25) is 0 Å². The molecule has 0 spiro atoms. The Balaban J connectivity index is 2.65. The van der Waals surface area contributed by atoms with Crippen LogP contribution < -0.4 is 5.73 Å². The Bertz CT molecular complexity index is 419. The van der Waals surface area contributed by atoms with E-state index in [4.69, 9.17) is 10.5 Å². The second kappa shape index (κ2) is 6.26. The van der Waals surface area contributed by atoms with Crippen LogP contribution in [-0.2, 0) is 4.74 Å². The number of benzene rings is 1. The highest BCUT2D eigenvalue weighted by Gasteiger charge is 2.15. The number of phenolic OH excluding ortho intramolecular Hbond substituents is 1. The summed E-state index contributed by atoms with van der Waals surface area (Å²) in [4.78, 5) is 13.6. The number of aromatic hydroxyl groups is 1. The fourth-order valence-electron chi connectivity index (χ4n) is 1.46. The van der Waals surface area contributed by atoms with E-state index in [2.05, 4.69) is 0 Å². The lowest BCUT2D eigenvalue weighted by atomic mass is 10.1. The number of rotatable bonds is 5. The minimum absolute atomic E-state index is 0.0272. The van der Waals surface area contributed by atoms with Gasteiger partial charge in [0.25, 0.3) is 5.91 Å². The molecular weight excluding hydrogens is 232 g/mol. The molecule has 3 N–H and O–H groups in total. The van der Waals surface area contributed by atoms with Gasteiger partial charge in [0.05, 0.1) is 18.3 Å². The van der Waals surface area contributed by atoms with Crippen molar-refractivity contribution in [3.05, 3.63) is 23.8 Å². The van der Waals surface area contributed by atoms with Gasteiger partial charge in [0, 0.05) is 19.3 Å². The van der Waals surface area contributed by atoms with E-state index in [1.165, 1.54) is 23.1 Å². The number of carbonyl (C=O) groups excluding carboxylic acids is 1. The molecule has 0 fully saturated rings. The van der Waals surface area contributed by atoms with E-state index >= 15 is 0 Å². The summed E-state index contributed by atoms with van der Waals surface area (Å²) in [6.07, 6.45) is 0.138. The molecule has 0 atom stereocenters. The van der Waals surface area contributed by atoms with Crippen molar-refractivity contribution in [2.45, 2.75) is 20.0 Å². The van der Waals surface area contributed by atoms with Gasteiger partial charge in [-0.2, -0.15) is 0 Å². The third-order valence-corrected chi connectivity index (χ3v) is 2.49. The smallest absolute Gasteiger partial charge is 0.255 e. The number of hydrogen-bond acceptors (Lipinski definition) is 4. The van der Waals surface area contributed by atoms with E-state index in [-0.39, 0.29) is 17.8 Å². The molecule has 100 valence electrons. The molecule has 18 heavy (non-hydrogen) atoms. The van der Waals surface area contributed by atoms with Crippen LogP contribution in [0.25, 0.3) is 0 Å². The maximum absolute atomic E-state index is 12.1. The molecule has 0 heterocycles. The summed E-state index contributed by atoms with van der Waals surface area (Å²) in [7, 11) is 1.68. The second-order valence-electron chi connectivity index (χ2n) is 4.42. The van der Waals surface area contributed by atoms with E-state index in [1.807, 2.05) is 13.8 Å². The molecule has 0 bridgehead atoms. The number of nitrogens with two attached hydrogens (primary N) is 1. The standard InChI is InChI=1S/C13H20N2O3/c1-9(2)18-7-6-15(3)13(17)11-8-10(16)4-5-12(11)14/h4-5,8-9,16H,6-7,14H2,1-3H3. The summed E-state index contributed by atoms with van der Waals surface area (Å²) in [5.41, 5.74) is 6.38. The van der Waals surface area contributed by atoms with Crippen molar-refractivity contribution in [3.63, 3.8) is 0 Å². The van der Waals surface area contributed by atoms with Gasteiger partial charge < -0.3 is 20.5 Å². The molecular formula is C13H20N2O3. The van der Waals surface area contributed by atoms with Crippen LogP contribution in [-0.4, -0.2) is 42.2 Å². The van der Waals surface area contributed by atoms with Crippen molar-refractivity contribution in [1.29, 1.82) is 0 Å². The average molecular weight is 252 g/mol. The number of nitrogen functional groups attached to an aromatic ring is 1. The molecule has 0 radical (unpaired) electrons. The molecule has 5 nitrogen and oxygen atoms in total. The van der Waals surface area contributed by atoms with Crippen LogP contribution in [0.1, 0.15) is 24.2 Å². The highest BCUT2D eigenvalue weighted by Crippen LogP contribution is 2.19. The van der Waals surface area contributed by atoms with Crippen LogP contribution >= 0.6 is 0 Å². The van der Waals surface area contributed by atoms with Gasteiger partial charge in [-0.1, -0.05) is 0 Å². The minimum atomic E-state index is -0.226. The Morgan fingerprint density at radius 1 is 1.50 bits per heavy atom. The molecule has 0 aromatic heterocycles. The predicted octanol–water partition coefficient (Wildman–Crippen LogP) is 1.47. The van der Waals surface area contributed by atoms with Crippen LogP contribution in [0.3, 0.4) is 0 Å². The molecule has 0 unspecified atom stereocenters. The molecule has 1 aromatic carbocycles. The third-order valence-electron chi connectivity index (χ3n) is 2.49. The van der Waals surface area contributed by atoms with E-state index < -0.39 is 0 Å². The van der Waals surface area contributed by atoms with Gasteiger partial charge in [-0.25, -0.2) is 0 Å². The molecule has 1 rings (SSSR count). The van der Waals surface area contributed by atoms with Crippen LogP contribution in [0.5, 0.6) is 5.75 Å². The maximum Gasteiger partial charge on any atom is 0.255 e. The van der Waals surface area contributed by atoms with E-state index in [0.717, 1.165) is 0 Å². The molecule has 0 aliphatic rings. The molecule has 5 heteroatoms. The van der Waals surface area contributed by atoms with Crippen molar-refractivity contribution < 1.29 is 14.6 Å². The lowest BCUT2D eigenvalue weighted by Gasteiger charge is -2.19. The minimum Gasteiger partial charge on any atom is -0.508 e. The molecule has 1 amide bonds. The monoisotopic (exact) mass is 252 g/mol. The summed E-state index contributed by atoms with van der Waals surface area (Å²) < 4.78 is 5.38. The predicted molar refractivity (Wildman–Crippen MR) is 70.6 cm³/mol. The number of anilines is 1. The number of amides is 1. The Kier molecular flexibility index (Phi) is 4.97. The van der Waals surface area contributed by atoms with Gasteiger partial charge >= 0.3 is 0 Å². The highest BCUT2D eigenvalue weighted by molar-refractivity contribution is 5.99. The lowest BCUT2D eigenvalue weighted by molar-refractivity contribution is 0.0532. The Morgan fingerprint density at radius 2 is 2.17 bits per heavy atom. The zero-order chi connectivity index (χ0) is 13.7. The van der Waals surface area contributed by atoms with Crippen molar-refractivity contribution >= 4 is 11.6 Å². The van der Waals surface area contributed by atoms with Crippen molar-refractivity contribution in [3.8, 4) is 5.75 Å². The average Bonchev–Trinajstić information content (AvgIpc) is 2.30. The first-order valence-electron chi connectivity index (χ1n) is 5.87. The topological polar surface area (TPSA) is 75.8 Å². The van der Waals surface area contributed by atoms with Crippen LogP contribution in [0.4, 0.5) is 5.69 Å². The largest absolute Gasteiger partial charge is 0.508 e. The summed E-state index contributed by atoms with van der Waals surface area (Å²) in [5.74, 6) is -0.199. The Morgan fingerprint density at radius 3 is 2.78 bits per heavy atom. The van der Waals surface area contributed by atoms with Gasteiger partial charge in [0.15, 0.2) is 0 Å². The lowest BCUT2D eigenvalue weighted by Crippen LogP contribution is -2.31. The first-order valence-corrected chi connectivity index (χ1v) is 5.87. The summed E-state index contributed by atoms with van der Waals surface area (Å²) in [5, 5.41) is 9.37. The van der Waals surface area contributed by atoms with Crippen molar-refractivity contribution in [2.75, 3.05) is 25.9 Å². The molecule has 0 saturated carbocycles. The summed E-state index contributed by atoms with van der Waals surface area (Å²) in [6.45, 7) is 4.83. The van der Waals surface area contributed by atoms with Crippen molar-refractivity contribution in [1.82, 2.24) is 4.90 Å². The van der Waals surface area contributed by atoms with E-state index in [1.54, 1.807) is 7.05 Å². The first-order chi connectivity index (χ1) is 8.41. The Hall–Kier alpha value is -1.75. The molecule has 0 aliphatic heterocycles. The molecule has 1 aromatic rings. The Labute approximate surface area is 107 Å². The fraction of sp³-hybridized carbons (Fsp3) is 0.462. The fourth-order valence-corrected chi connectivity index (χ4v) is 1.46. The first kappa shape index (κ1) is 14.3. The van der Waals surface area contributed by atoms with Crippen molar-refractivity contribution in [2.24, 2.45) is 0 Å². The van der Waals surface area contributed by atoms with E-state index in [0.29, 0.717) is 24.4 Å². The normalized spacial score (nSPS) is 10.7. The molecule has 0 saturated heterocycles. The zero-order valence-electron chi connectivity index (χ0n) is 11.0. The van der Waals surface area contributed by atoms with Crippen LogP contribution in [0.2, 0.25) is 0 Å². The second-order valence-corrected chi connectivity index (χ2v) is 4.42. The molecule has 0 aliphatic carbocycles. The number of carbonyl (C=O) groups is 1. The van der Waals surface area contributed by atoms with Crippen LogP contribution in [0.15, 0.2) is 18.2 Å². The number of nitrogens with zero attached hydrogens (tertiary/aromatic N) is 1. The van der Waals surface area contributed by atoms with Gasteiger partial charge in [-0.05, 0) is 32.0 Å². The quantitative estimate of drug-likeness (QED) is 0.614.